The Bertz CT molecular complexity index is 598. The Balaban J connectivity index is 2.77. The molecule has 0 aliphatic rings. The molecule has 2 atom stereocenters. The van der Waals surface area contributed by atoms with Crippen LogP contribution in [0.2, 0.25) is 0 Å². The van der Waals surface area contributed by atoms with E-state index >= 15 is 0 Å². The Morgan fingerprint density at radius 1 is 1.25 bits per heavy atom. The van der Waals surface area contributed by atoms with Crippen LogP contribution >= 0.6 is 0 Å². The second kappa shape index (κ2) is 8.65. The van der Waals surface area contributed by atoms with E-state index in [0.29, 0.717) is 5.69 Å². The first-order valence-corrected chi connectivity index (χ1v) is 8.39. The molecule has 2 amide bonds. The zero-order valence-electron chi connectivity index (χ0n) is 14.1. The third-order valence-electron chi connectivity index (χ3n) is 2.85. The number of hydrogen-bond acceptors (Lipinski definition) is 4. The summed E-state index contributed by atoms with van der Waals surface area (Å²) in [4.78, 5) is 23.8. The normalized spacial score (nSPS) is 13.5. The molecule has 4 N–H and O–H groups in total. The van der Waals surface area contributed by atoms with Crippen molar-refractivity contribution in [1.82, 2.24) is 10.6 Å². The molecule has 0 aromatic heterocycles. The Labute approximate surface area is 143 Å². The molecular weight excluding hydrogens is 334 g/mol. The number of carbonyl (C=O) groups excluding carboxylic acids is 2. The third-order valence-corrected chi connectivity index (χ3v) is 3.26. The number of amides is 2. The van der Waals surface area contributed by atoms with Crippen molar-refractivity contribution in [2.24, 2.45) is 0 Å². The van der Waals surface area contributed by atoms with Crippen molar-refractivity contribution in [1.29, 1.82) is 0 Å². The van der Waals surface area contributed by atoms with Crippen LogP contribution in [0.1, 0.15) is 26.3 Å². The topological polar surface area (TPSA) is 117 Å². The second-order valence-electron chi connectivity index (χ2n) is 6.07. The lowest BCUT2D eigenvalue weighted by Crippen LogP contribution is -2.48. The van der Waals surface area contributed by atoms with Crippen molar-refractivity contribution in [3.63, 3.8) is 0 Å². The summed E-state index contributed by atoms with van der Waals surface area (Å²) in [6.07, 6.45) is -0.424. The predicted octanol–water partition coefficient (Wildman–Crippen LogP) is 1.42. The van der Waals surface area contributed by atoms with E-state index in [1.54, 1.807) is 45.0 Å². The van der Waals surface area contributed by atoms with Gasteiger partial charge in [-0.25, -0.2) is 9.00 Å². The highest BCUT2D eigenvalue weighted by atomic mass is 32.2. The van der Waals surface area contributed by atoms with Crippen LogP contribution in [0.4, 0.5) is 10.5 Å². The number of ether oxygens (including phenoxy) is 1. The molecule has 8 nitrogen and oxygen atoms in total. The van der Waals surface area contributed by atoms with Crippen LogP contribution in [0.25, 0.3) is 0 Å². The molecule has 2 unspecified atom stereocenters. The van der Waals surface area contributed by atoms with E-state index < -0.39 is 29.0 Å². The first-order chi connectivity index (χ1) is 11.1. The van der Waals surface area contributed by atoms with Gasteiger partial charge >= 0.3 is 6.09 Å². The van der Waals surface area contributed by atoms with Gasteiger partial charge in [-0.15, -0.1) is 0 Å². The summed E-state index contributed by atoms with van der Waals surface area (Å²) in [6, 6.07) is 5.81. The molecule has 0 saturated carbocycles. The van der Waals surface area contributed by atoms with Gasteiger partial charge in [-0.3, -0.25) is 14.1 Å². The van der Waals surface area contributed by atoms with Gasteiger partial charge in [-0.05, 0) is 38.5 Å². The lowest BCUT2D eigenvalue weighted by Gasteiger charge is -2.23. The van der Waals surface area contributed by atoms with E-state index in [1.807, 2.05) is 0 Å². The SMILES string of the molecule is CNC(=O)C(Cc1ccc(NS(=O)O)cc1)NC(=O)OC(C)(C)C. The van der Waals surface area contributed by atoms with Gasteiger partial charge in [0.25, 0.3) is 11.3 Å². The number of likely N-dealkylation sites (N-methyl/N-ethyl adjacent to an activating group) is 1. The van der Waals surface area contributed by atoms with Crippen LogP contribution in [0, 0.1) is 0 Å². The monoisotopic (exact) mass is 357 g/mol. The van der Waals surface area contributed by atoms with Crippen molar-refractivity contribution >= 4 is 29.0 Å². The summed E-state index contributed by atoms with van der Waals surface area (Å²) in [6.45, 7) is 5.20. The number of hydrogen-bond donors (Lipinski definition) is 4. The fourth-order valence-electron chi connectivity index (χ4n) is 1.88. The summed E-state index contributed by atoms with van der Waals surface area (Å²) in [5.74, 6) is -0.348. The molecule has 0 bridgehead atoms. The fourth-order valence-corrected chi connectivity index (χ4v) is 2.22. The van der Waals surface area contributed by atoms with Crippen molar-refractivity contribution < 1.29 is 23.1 Å². The molecule has 0 aliphatic carbocycles. The van der Waals surface area contributed by atoms with E-state index in [2.05, 4.69) is 15.4 Å². The number of nitrogens with one attached hydrogen (secondary N) is 3. The average molecular weight is 357 g/mol. The maximum Gasteiger partial charge on any atom is 0.408 e. The van der Waals surface area contributed by atoms with Crippen LogP contribution in [-0.2, 0) is 27.2 Å². The predicted molar refractivity (Wildman–Crippen MR) is 91.8 cm³/mol. The highest BCUT2D eigenvalue weighted by Gasteiger charge is 2.23. The van der Waals surface area contributed by atoms with Crippen LogP contribution in [0.15, 0.2) is 24.3 Å². The summed E-state index contributed by atoms with van der Waals surface area (Å²) < 4.78 is 26.9. The highest BCUT2D eigenvalue weighted by molar-refractivity contribution is 7.80. The van der Waals surface area contributed by atoms with Crippen molar-refractivity contribution in [2.45, 2.75) is 38.8 Å². The largest absolute Gasteiger partial charge is 0.444 e. The number of alkyl carbamates (subject to hydrolysis) is 1. The lowest BCUT2D eigenvalue weighted by molar-refractivity contribution is -0.122. The van der Waals surface area contributed by atoms with Gasteiger partial charge < -0.3 is 15.4 Å². The standard InChI is InChI=1S/C15H23N3O5S/c1-15(2,3)23-14(20)17-12(13(19)16-4)9-10-5-7-11(8-6-10)18-24(21)22/h5-8,12,18H,9H2,1-4H3,(H,16,19)(H,17,20)(H,21,22). The zero-order valence-corrected chi connectivity index (χ0v) is 14.9. The van der Waals surface area contributed by atoms with E-state index in [9.17, 15) is 13.8 Å². The summed E-state index contributed by atoms with van der Waals surface area (Å²) in [5.41, 5.74) is 0.579. The zero-order chi connectivity index (χ0) is 18.3. The first-order valence-electron chi connectivity index (χ1n) is 7.28. The molecule has 0 spiro atoms. The lowest BCUT2D eigenvalue weighted by atomic mass is 10.1. The molecule has 9 heteroatoms. The van der Waals surface area contributed by atoms with Crippen LogP contribution < -0.4 is 15.4 Å². The number of anilines is 1. The molecule has 134 valence electrons. The van der Waals surface area contributed by atoms with Gasteiger partial charge in [0.15, 0.2) is 0 Å². The van der Waals surface area contributed by atoms with Crippen LogP contribution in [0.5, 0.6) is 0 Å². The summed E-state index contributed by atoms with van der Waals surface area (Å²) >= 11 is -2.15. The molecule has 0 radical (unpaired) electrons. The molecule has 1 rings (SSSR count). The highest BCUT2D eigenvalue weighted by Crippen LogP contribution is 2.12. The van der Waals surface area contributed by atoms with E-state index in [0.717, 1.165) is 5.56 Å². The van der Waals surface area contributed by atoms with Crippen LogP contribution in [0.3, 0.4) is 0 Å². The van der Waals surface area contributed by atoms with Crippen molar-refractivity contribution in [3.05, 3.63) is 29.8 Å². The van der Waals surface area contributed by atoms with Gasteiger partial charge in [0, 0.05) is 19.2 Å². The fraction of sp³-hybridized carbons (Fsp3) is 0.467. The average Bonchev–Trinajstić information content (AvgIpc) is 2.45. The minimum Gasteiger partial charge on any atom is -0.444 e. The van der Waals surface area contributed by atoms with Gasteiger partial charge in [0.2, 0.25) is 5.91 Å². The molecule has 0 aliphatic heterocycles. The molecule has 0 heterocycles. The second-order valence-corrected chi connectivity index (χ2v) is 6.77. The van der Waals surface area contributed by atoms with Crippen molar-refractivity contribution in [3.8, 4) is 0 Å². The minimum atomic E-state index is -2.15. The number of carbonyl (C=O) groups is 2. The van der Waals surface area contributed by atoms with Gasteiger partial charge in [-0.2, -0.15) is 0 Å². The molecule has 24 heavy (non-hydrogen) atoms. The van der Waals surface area contributed by atoms with Gasteiger partial charge in [0.1, 0.15) is 11.6 Å². The Morgan fingerprint density at radius 2 is 1.83 bits per heavy atom. The van der Waals surface area contributed by atoms with Gasteiger partial charge in [-0.1, -0.05) is 12.1 Å². The van der Waals surface area contributed by atoms with E-state index in [4.69, 9.17) is 9.29 Å². The maximum absolute atomic E-state index is 12.0. The number of benzene rings is 1. The quantitative estimate of drug-likeness (QED) is 0.575. The molecule has 0 saturated heterocycles. The summed E-state index contributed by atoms with van der Waals surface area (Å²) in [5, 5.41) is 5.04. The van der Waals surface area contributed by atoms with Gasteiger partial charge in [0.05, 0.1) is 0 Å². The number of rotatable bonds is 6. The summed E-state index contributed by atoms with van der Waals surface area (Å²) in [7, 11) is 1.48. The Hall–Kier alpha value is -2.13. The maximum atomic E-state index is 12.0. The molecule has 0 fully saturated rings. The molecule has 1 aromatic rings. The molecular formula is C15H23N3O5S. The van der Waals surface area contributed by atoms with Crippen molar-refractivity contribution in [2.75, 3.05) is 11.8 Å². The minimum absolute atomic E-state index is 0.251. The Kier molecular flexibility index (Phi) is 7.18. The van der Waals surface area contributed by atoms with E-state index in [1.165, 1.54) is 7.05 Å². The smallest absolute Gasteiger partial charge is 0.408 e. The Morgan fingerprint density at radius 3 is 2.29 bits per heavy atom. The van der Waals surface area contributed by atoms with Crippen LogP contribution in [-0.4, -0.2) is 39.5 Å². The third kappa shape index (κ3) is 7.42. The molecule has 1 aromatic carbocycles. The first kappa shape index (κ1) is 19.9. The van der Waals surface area contributed by atoms with E-state index in [-0.39, 0.29) is 12.3 Å².